The van der Waals surface area contributed by atoms with Gasteiger partial charge < -0.3 is 9.88 Å². The number of nitrogens with zero attached hydrogens (tertiary/aromatic N) is 4. The van der Waals surface area contributed by atoms with Gasteiger partial charge in [0.15, 0.2) is 0 Å². The first-order valence-corrected chi connectivity index (χ1v) is 14.5. The molecule has 0 unspecified atom stereocenters. The predicted molar refractivity (Wildman–Crippen MR) is 171 cm³/mol. The van der Waals surface area contributed by atoms with E-state index in [1.807, 2.05) is 48.7 Å². The molecule has 6 heteroatoms. The molecule has 0 spiro atoms. The molecule has 0 fully saturated rings. The largest absolute Gasteiger partial charge is 2.00 e. The van der Waals surface area contributed by atoms with Crippen LogP contribution in [0, 0.1) is 6.07 Å². The number of aromatic nitrogens is 3. The molecule has 0 aliphatic rings. The van der Waals surface area contributed by atoms with Crippen molar-refractivity contribution in [3.63, 3.8) is 0 Å². The van der Waals surface area contributed by atoms with Gasteiger partial charge >= 0.3 is 20.4 Å². The van der Waals surface area contributed by atoms with Crippen LogP contribution in [0.4, 0.5) is 11.4 Å². The average molecular weight is 655 g/mol. The Morgan fingerprint density at radius 1 is 0.786 bits per heavy atom. The van der Waals surface area contributed by atoms with E-state index >= 15 is 0 Å². The Labute approximate surface area is 263 Å². The molecule has 7 rings (SSSR count). The number of hydrogen-bond acceptors (Lipinski definition) is 3. The van der Waals surface area contributed by atoms with Gasteiger partial charge in [0.2, 0.25) is 0 Å². The molecule has 0 N–H and O–H groups in total. The maximum absolute atomic E-state index is 5.04. The molecule has 208 valence electrons. The van der Waals surface area contributed by atoms with Crippen molar-refractivity contribution >= 4 is 55.8 Å². The van der Waals surface area contributed by atoms with Gasteiger partial charge in [-0.25, -0.2) is 9.97 Å². The summed E-state index contributed by atoms with van der Waals surface area (Å²) in [5, 5.41) is 9.17. The topological polar surface area (TPSA) is 44.8 Å². The third-order valence-corrected chi connectivity index (χ3v) is 8.19. The second-order valence-electron chi connectivity index (χ2n) is 11.1. The second kappa shape index (κ2) is 11.4. The Kier molecular flexibility index (Phi) is 7.64. The van der Waals surface area contributed by atoms with Crippen LogP contribution in [0.1, 0.15) is 26.3 Å². The van der Waals surface area contributed by atoms with Crippen molar-refractivity contribution in [3.8, 4) is 5.82 Å². The van der Waals surface area contributed by atoms with E-state index < -0.39 is 0 Å². The van der Waals surface area contributed by atoms with Crippen molar-refractivity contribution < 1.29 is 20.4 Å². The second-order valence-corrected chi connectivity index (χ2v) is 12.2. The molecule has 0 aliphatic carbocycles. The van der Waals surface area contributed by atoms with Gasteiger partial charge in [-0.05, 0) is 46.0 Å². The third-order valence-electron chi connectivity index (χ3n) is 7.29. The van der Waals surface area contributed by atoms with Crippen molar-refractivity contribution in [1.82, 2.24) is 14.5 Å². The van der Waals surface area contributed by atoms with Gasteiger partial charge in [-0.1, -0.05) is 116 Å². The number of fused-ring (bicyclic) bond motifs is 4. The number of benzene rings is 4. The van der Waals surface area contributed by atoms with Crippen molar-refractivity contribution in [2.24, 2.45) is 0 Å². The summed E-state index contributed by atoms with van der Waals surface area (Å²) in [4.78, 5) is 10.8. The number of pyridine rings is 2. The van der Waals surface area contributed by atoms with E-state index in [0.29, 0.717) is 0 Å². The van der Waals surface area contributed by atoms with Crippen LogP contribution in [0.25, 0.3) is 43.8 Å². The van der Waals surface area contributed by atoms with Crippen LogP contribution < -0.4 is 0 Å². The van der Waals surface area contributed by atoms with E-state index in [1.54, 1.807) is 11.8 Å². The van der Waals surface area contributed by atoms with Gasteiger partial charge in [-0.15, -0.1) is 22.8 Å². The predicted octanol–water partition coefficient (Wildman–Crippen LogP) is 10.3. The summed E-state index contributed by atoms with van der Waals surface area (Å²) >= 11 is 1.61. The Hall–Kier alpha value is -3.95. The van der Waals surface area contributed by atoms with E-state index in [0.717, 1.165) is 54.4 Å². The van der Waals surface area contributed by atoms with Crippen molar-refractivity contribution in [2.45, 2.75) is 36.1 Å². The Bertz CT molecular complexity index is 2040. The number of para-hydroxylation sites is 3. The standard InChI is InChI=1S/C36H28N4S.Pd/c1-36(2,3)25-20-21-37-33(22-25)40-31-15-8-7-13-28(31)29-18-17-27(23-32(29)40)41-34-19-16-24-10-9-14-30(35(24)39-34)38-26-11-5-4-6-12-26;/h4-22H,1-3H3;/q-2;+2. The number of hydrogen-bond donors (Lipinski definition) is 0. The molecule has 7 aromatic rings. The minimum Gasteiger partial charge on any atom is -0.656 e. The van der Waals surface area contributed by atoms with Crippen molar-refractivity contribution in [2.75, 3.05) is 0 Å². The van der Waals surface area contributed by atoms with Gasteiger partial charge in [-0.2, -0.15) is 12.1 Å². The molecule has 0 bridgehead atoms. The monoisotopic (exact) mass is 654 g/mol. The first-order chi connectivity index (χ1) is 19.9. The van der Waals surface area contributed by atoms with E-state index in [1.165, 1.54) is 10.9 Å². The molecule has 3 heterocycles. The van der Waals surface area contributed by atoms with Gasteiger partial charge in [0.25, 0.3) is 0 Å². The summed E-state index contributed by atoms with van der Waals surface area (Å²) < 4.78 is 2.23. The van der Waals surface area contributed by atoms with Crippen molar-refractivity contribution in [3.05, 3.63) is 132 Å². The fourth-order valence-electron chi connectivity index (χ4n) is 5.19. The zero-order valence-corrected chi connectivity index (χ0v) is 25.9. The van der Waals surface area contributed by atoms with E-state index in [2.05, 4.69) is 98.1 Å². The fraction of sp³-hybridized carbons (Fsp3) is 0.111. The van der Waals surface area contributed by atoms with Crippen LogP contribution in [-0.4, -0.2) is 14.5 Å². The maximum Gasteiger partial charge on any atom is 2.00 e. The summed E-state index contributed by atoms with van der Waals surface area (Å²) in [6.07, 6.45) is 1.91. The molecule has 4 nitrogen and oxygen atoms in total. The van der Waals surface area contributed by atoms with E-state index in [9.17, 15) is 0 Å². The third kappa shape index (κ3) is 5.34. The summed E-state index contributed by atoms with van der Waals surface area (Å²) in [7, 11) is 0. The van der Waals surface area contributed by atoms with E-state index in [-0.39, 0.29) is 25.8 Å². The van der Waals surface area contributed by atoms with Crippen molar-refractivity contribution in [1.29, 1.82) is 0 Å². The molecule has 4 aromatic carbocycles. The summed E-state index contributed by atoms with van der Waals surface area (Å²) in [6.45, 7) is 6.69. The minimum atomic E-state index is 0. The minimum absolute atomic E-state index is 0. The van der Waals surface area contributed by atoms with Crippen LogP contribution in [0.3, 0.4) is 0 Å². The zero-order valence-electron chi connectivity index (χ0n) is 23.5. The normalized spacial score (nSPS) is 11.6. The Morgan fingerprint density at radius 2 is 1.60 bits per heavy atom. The van der Waals surface area contributed by atoms with Crippen LogP contribution in [0.5, 0.6) is 0 Å². The first-order valence-electron chi connectivity index (χ1n) is 13.7. The SMILES string of the molecule is CC(C)(C)c1ccnc(-n2c3[c-]c(Sc4ccc5cccc([N-]c6ccccc6)c5n4)ccc3c3ccccc32)c1.[Pd+2]. The van der Waals surface area contributed by atoms with Crippen LogP contribution in [0.15, 0.2) is 125 Å². The smallest absolute Gasteiger partial charge is 0.656 e. The van der Waals surface area contributed by atoms with Crippen LogP contribution in [0.2, 0.25) is 0 Å². The molecular formula is C36H28N4PdS. The Morgan fingerprint density at radius 3 is 2.43 bits per heavy atom. The quantitative estimate of drug-likeness (QED) is 0.137. The van der Waals surface area contributed by atoms with Crippen LogP contribution >= 0.6 is 11.8 Å². The Balaban J connectivity index is 0.00000316. The van der Waals surface area contributed by atoms with Crippen LogP contribution in [-0.2, 0) is 25.8 Å². The average Bonchev–Trinajstić information content (AvgIpc) is 3.31. The van der Waals surface area contributed by atoms with E-state index in [4.69, 9.17) is 15.3 Å². The summed E-state index contributed by atoms with van der Waals surface area (Å²) in [6, 6.07) is 41.2. The molecule has 3 aromatic heterocycles. The number of rotatable bonds is 5. The molecule has 0 atom stereocenters. The summed E-state index contributed by atoms with van der Waals surface area (Å²) in [5.41, 5.74) is 6.06. The summed E-state index contributed by atoms with van der Waals surface area (Å²) in [5.74, 6) is 0.901. The first kappa shape index (κ1) is 28.2. The molecule has 42 heavy (non-hydrogen) atoms. The van der Waals surface area contributed by atoms with Gasteiger partial charge in [0, 0.05) is 11.7 Å². The molecule has 0 aliphatic heterocycles. The molecule has 0 saturated carbocycles. The molecule has 0 radical (unpaired) electrons. The maximum atomic E-state index is 5.04. The molecule has 0 saturated heterocycles. The fourth-order valence-corrected chi connectivity index (χ4v) is 5.98. The van der Waals surface area contributed by atoms with Gasteiger partial charge in [0.05, 0.1) is 10.5 Å². The van der Waals surface area contributed by atoms with Gasteiger partial charge in [-0.3, -0.25) is 0 Å². The molecular weight excluding hydrogens is 627 g/mol. The van der Waals surface area contributed by atoms with Gasteiger partial charge in [0.1, 0.15) is 5.82 Å². The molecule has 0 amide bonds. The zero-order chi connectivity index (χ0) is 28.0.